The molecule has 1 N–H and O–H groups in total. The molecule has 5 heteroatoms. The van der Waals surface area contributed by atoms with Crippen molar-refractivity contribution in [3.8, 4) is 0 Å². The maximum atomic E-state index is 5.96. The molecule has 0 radical (unpaired) electrons. The lowest BCUT2D eigenvalue weighted by molar-refractivity contribution is 1.12. The molecule has 0 spiro atoms. The summed E-state index contributed by atoms with van der Waals surface area (Å²) in [5.74, 6) is 0. The van der Waals surface area contributed by atoms with E-state index in [1.165, 1.54) is 0 Å². The molecule has 16 heavy (non-hydrogen) atoms. The monoisotopic (exact) mass is 297 g/mol. The lowest BCUT2D eigenvalue weighted by atomic mass is 10.2. The quantitative estimate of drug-likeness (QED) is 0.881. The van der Waals surface area contributed by atoms with E-state index in [9.17, 15) is 0 Å². The van der Waals surface area contributed by atoms with E-state index in [1.54, 1.807) is 18.6 Å². The van der Waals surface area contributed by atoms with Gasteiger partial charge in [-0.1, -0.05) is 11.6 Å². The summed E-state index contributed by atoms with van der Waals surface area (Å²) in [5, 5.41) is 3.69. The molecular weight excluding hydrogens is 289 g/mol. The van der Waals surface area contributed by atoms with Crippen LogP contribution >= 0.6 is 27.5 Å². The van der Waals surface area contributed by atoms with Crippen LogP contribution in [0.1, 0.15) is 5.56 Å². The normalized spacial score (nSPS) is 10.1. The van der Waals surface area contributed by atoms with Crippen LogP contribution in [-0.2, 0) is 6.54 Å². The van der Waals surface area contributed by atoms with Crippen LogP contribution in [0.2, 0.25) is 5.15 Å². The Morgan fingerprint density at radius 1 is 1.31 bits per heavy atom. The second-order valence-electron chi connectivity index (χ2n) is 3.20. The van der Waals surface area contributed by atoms with Crippen molar-refractivity contribution in [1.82, 2.24) is 9.97 Å². The van der Waals surface area contributed by atoms with Gasteiger partial charge < -0.3 is 5.32 Å². The molecule has 2 heterocycles. The molecule has 0 aliphatic carbocycles. The molecule has 0 saturated carbocycles. The summed E-state index contributed by atoms with van der Waals surface area (Å²) in [6, 6.07) is 5.80. The van der Waals surface area contributed by atoms with Crippen molar-refractivity contribution in [2.45, 2.75) is 6.54 Å². The third kappa shape index (κ3) is 2.93. The van der Waals surface area contributed by atoms with Crippen LogP contribution in [0, 0.1) is 0 Å². The molecule has 0 aromatic carbocycles. The fraction of sp³-hybridized carbons (Fsp3) is 0.0909. The summed E-state index contributed by atoms with van der Waals surface area (Å²) in [6.45, 7) is 0.695. The van der Waals surface area contributed by atoms with Gasteiger partial charge >= 0.3 is 0 Å². The van der Waals surface area contributed by atoms with E-state index in [0.29, 0.717) is 11.7 Å². The first-order valence-corrected chi connectivity index (χ1v) is 5.86. The number of hydrogen-bond acceptors (Lipinski definition) is 3. The number of nitrogens with one attached hydrogen (secondary N) is 1. The number of pyridine rings is 2. The van der Waals surface area contributed by atoms with E-state index >= 15 is 0 Å². The van der Waals surface area contributed by atoms with Gasteiger partial charge in [-0.3, -0.25) is 4.98 Å². The maximum absolute atomic E-state index is 5.96. The lowest BCUT2D eigenvalue weighted by Gasteiger charge is -2.07. The molecule has 3 nitrogen and oxygen atoms in total. The molecule has 0 amide bonds. The number of anilines is 1. The Labute approximate surface area is 107 Å². The maximum Gasteiger partial charge on any atom is 0.152 e. The molecule has 0 aliphatic rings. The average Bonchev–Trinajstić information content (AvgIpc) is 2.32. The Kier molecular flexibility index (Phi) is 3.74. The minimum atomic E-state index is 0.470. The molecule has 2 rings (SSSR count). The average molecular weight is 299 g/mol. The van der Waals surface area contributed by atoms with Gasteiger partial charge in [0.05, 0.1) is 5.69 Å². The summed E-state index contributed by atoms with van der Waals surface area (Å²) in [7, 11) is 0. The summed E-state index contributed by atoms with van der Waals surface area (Å²) >= 11 is 9.31. The van der Waals surface area contributed by atoms with Gasteiger partial charge in [-0.15, -0.1) is 0 Å². The fourth-order valence-electron chi connectivity index (χ4n) is 1.24. The van der Waals surface area contributed by atoms with Crippen LogP contribution in [-0.4, -0.2) is 9.97 Å². The number of nitrogens with zero attached hydrogens (tertiary/aromatic N) is 2. The van der Waals surface area contributed by atoms with Crippen molar-refractivity contribution in [3.05, 3.63) is 52.0 Å². The van der Waals surface area contributed by atoms with Crippen LogP contribution in [0.5, 0.6) is 0 Å². The van der Waals surface area contributed by atoms with Crippen LogP contribution in [0.25, 0.3) is 0 Å². The number of aromatic nitrogens is 2. The summed E-state index contributed by atoms with van der Waals surface area (Å²) in [4.78, 5) is 7.99. The van der Waals surface area contributed by atoms with Crippen molar-refractivity contribution < 1.29 is 0 Å². The first-order valence-electron chi connectivity index (χ1n) is 4.69. The highest BCUT2D eigenvalue weighted by Crippen LogP contribution is 2.23. The van der Waals surface area contributed by atoms with Gasteiger partial charge in [0.1, 0.15) is 0 Å². The van der Waals surface area contributed by atoms with E-state index in [2.05, 4.69) is 31.2 Å². The summed E-state index contributed by atoms with van der Waals surface area (Å²) < 4.78 is 0.897. The van der Waals surface area contributed by atoms with Crippen molar-refractivity contribution in [3.63, 3.8) is 0 Å². The van der Waals surface area contributed by atoms with Gasteiger partial charge in [-0.05, 0) is 39.7 Å². The zero-order valence-corrected chi connectivity index (χ0v) is 10.7. The minimum absolute atomic E-state index is 0.470. The highest BCUT2D eigenvalue weighted by Gasteiger charge is 2.01. The summed E-state index contributed by atoms with van der Waals surface area (Å²) in [6.07, 6.45) is 5.19. The molecule has 0 saturated heterocycles. The number of hydrogen-bond donors (Lipinski definition) is 1. The number of rotatable bonds is 3. The largest absolute Gasteiger partial charge is 0.378 e. The second kappa shape index (κ2) is 5.27. The van der Waals surface area contributed by atoms with Gasteiger partial charge in [-0.2, -0.15) is 0 Å². The minimum Gasteiger partial charge on any atom is -0.378 e. The van der Waals surface area contributed by atoms with E-state index < -0.39 is 0 Å². The van der Waals surface area contributed by atoms with E-state index in [4.69, 9.17) is 11.6 Å². The van der Waals surface area contributed by atoms with Crippen molar-refractivity contribution in [2.75, 3.05) is 5.32 Å². The highest BCUT2D eigenvalue weighted by atomic mass is 79.9. The molecule has 2 aromatic rings. The molecule has 0 aliphatic heterocycles. The standard InChI is InChI=1S/C11H9BrClN3/c12-9-5-10(11(13)16-7-9)15-6-8-1-3-14-4-2-8/h1-5,7,15H,6H2. The summed E-state index contributed by atoms with van der Waals surface area (Å²) in [5.41, 5.74) is 1.96. The Morgan fingerprint density at radius 2 is 2.06 bits per heavy atom. The van der Waals surface area contributed by atoms with Gasteiger partial charge in [-0.25, -0.2) is 4.98 Å². The smallest absolute Gasteiger partial charge is 0.152 e. The molecule has 0 unspecified atom stereocenters. The predicted molar refractivity (Wildman–Crippen MR) is 68.5 cm³/mol. The molecule has 2 aromatic heterocycles. The Hall–Kier alpha value is -1.13. The SMILES string of the molecule is Clc1ncc(Br)cc1NCc1ccncc1. The first-order chi connectivity index (χ1) is 7.75. The van der Waals surface area contributed by atoms with Crippen molar-refractivity contribution >= 4 is 33.2 Å². The molecule has 82 valence electrons. The van der Waals surface area contributed by atoms with Gasteiger partial charge in [0, 0.05) is 29.6 Å². The topological polar surface area (TPSA) is 37.8 Å². The Bertz CT molecular complexity index is 476. The third-order valence-electron chi connectivity index (χ3n) is 2.04. The first kappa shape index (κ1) is 11.4. The lowest BCUT2D eigenvalue weighted by Crippen LogP contribution is -2.00. The van der Waals surface area contributed by atoms with E-state index in [0.717, 1.165) is 15.7 Å². The molecular formula is C11H9BrClN3. The fourth-order valence-corrected chi connectivity index (χ4v) is 1.75. The van der Waals surface area contributed by atoms with Gasteiger partial charge in [0.2, 0.25) is 0 Å². The Morgan fingerprint density at radius 3 is 2.81 bits per heavy atom. The van der Waals surface area contributed by atoms with Crippen LogP contribution < -0.4 is 5.32 Å². The third-order valence-corrected chi connectivity index (χ3v) is 2.77. The molecule has 0 fully saturated rings. The van der Waals surface area contributed by atoms with Crippen LogP contribution in [0.15, 0.2) is 41.3 Å². The zero-order valence-electron chi connectivity index (χ0n) is 8.32. The Balaban J connectivity index is 2.08. The molecule has 0 bridgehead atoms. The predicted octanol–water partition coefficient (Wildman–Crippen LogP) is 3.50. The van der Waals surface area contributed by atoms with Crippen LogP contribution in [0.3, 0.4) is 0 Å². The van der Waals surface area contributed by atoms with Gasteiger partial charge in [0.15, 0.2) is 5.15 Å². The zero-order chi connectivity index (χ0) is 11.4. The van der Waals surface area contributed by atoms with Crippen LogP contribution in [0.4, 0.5) is 5.69 Å². The van der Waals surface area contributed by atoms with E-state index in [-0.39, 0.29) is 0 Å². The van der Waals surface area contributed by atoms with Crippen molar-refractivity contribution in [1.29, 1.82) is 0 Å². The second-order valence-corrected chi connectivity index (χ2v) is 4.47. The highest BCUT2D eigenvalue weighted by molar-refractivity contribution is 9.10. The van der Waals surface area contributed by atoms with Crippen molar-refractivity contribution in [2.24, 2.45) is 0 Å². The molecule has 0 atom stereocenters. The van der Waals surface area contributed by atoms with Gasteiger partial charge in [0.25, 0.3) is 0 Å². The van der Waals surface area contributed by atoms with E-state index in [1.807, 2.05) is 18.2 Å². The number of halogens is 2.